The Bertz CT molecular complexity index is 669. The molecule has 1 nitrogen and oxygen atoms in total. The number of hydrogen-bond donors (Lipinski definition) is 0. The van der Waals surface area contributed by atoms with Crippen LogP contribution in [0.3, 0.4) is 0 Å². The molecule has 0 aromatic heterocycles. The number of rotatable bonds is 3. The topological polar surface area (TPSA) is 23.8 Å². The van der Waals surface area contributed by atoms with E-state index < -0.39 is 24.5 Å². The van der Waals surface area contributed by atoms with Gasteiger partial charge in [0.1, 0.15) is 11.9 Å². The molecule has 1 aromatic carbocycles. The number of hydrogen-bond acceptors (Lipinski definition) is 1. The Balaban J connectivity index is 1.87. The van der Waals surface area contributed by atoms with E-state index in [4.69, 9.17) is 9.37 Å². The van der Waals surface area contributed by atoms with Crippen molar-refractivity contribution >= 4 is 0 Å². The zero-order valence-corrected chi connectivity index (χ0v) is 13.2. The van der Waals surface area contributed by atoms with Gasteiger partial charge in [-0.1, -0.05) is 32.3 Å². The Labute approximate surface area is 137 Å². The number of nitriles is 1. The molecule has 5 unspecified atom stereocenters. The standard InChI is InChI=1S/C20H26FN/c1-2-3-14-4-5-16-11-17(7-6-15(16)10-14)18-8-9-19(13-22)20(21)12-18/h8-9,12,14-17H,2-7,10-11H2,1H3/i7D2,11D. The SMILES string of the molecule is [2H]C1C2CCC(CCC)CC2CC([2H])([2H])C1c1ccc(C#N)c(F)c1. The van der Waals surface area contributed by atoms with Crippen LogP contribution in [0.2, 0.25) is 0 Å². The molecule has 2 fully saturated rings. The highest BCUT2D eigenvalue weighted by atomic mass is 19.1. The third-order valence-electron chi connectivity index (χ3n) is 5.36. The van der Waals surface area contributed by atoms with Gasteiger partial charge in [0.25, 0.3) is 0 Å². The van der Waals surface area contributed by atoms with E-state index in [9.17, 15) is 4.39 Å². The average molecular weight is 302 g/mol. The lowest BCUT2D eigenvalue weighted by Gasteiger charge is -2.42. The molecular weight excluding hydrogens is 273 g/mol. The molecule has 0 spiro atoms. The van der Waals surface area contributed by atoms with E-state index >= 15 is 0 Å². The second-order valence-corrected chi connectivity index (χ2v) is 6.82. The van der Waals surface area contributed by atoms with Gasteiger partial charge in [-0.05, 0) is 73.4 Å². The van der Waals surface area contributed by atoms with E-state index in [0.29, 0.717) is 17.9 Å². The van der Waals surface area contributed by atoms with Crippen LogP contribution in [0.15, 0.2) is 18.2 Å². The number of benzene rings is 1. The fourth-order valence-corrected chi connectivity index (χ4v) is 4.18. The quantitative estimate of drug-likeness (QED) is 0.692. The third-order valence-corrected chi connectivity index (χ3v) is 5.36. The molecule has 0 heterocycles. The second-order valence-electron chi connectivity index (χ2n) is 6.82. The van der Waals surface area contributed by atoms with Crippen LogP contribution in [0, 0.1) is 34.9 Å². The predicted molar refractivity (Wildman–Crippen MR) is 86.9 cm³/mol. The summed E-state index contributed by atoms with van der Waals surface area (Å²) in [5.41, 5.74) is 0.496. The summed E-state index contributed by atoms with van der Waals surface area (Å²) in [5.74, 6) is -0.114. The van der Waals surface area contributed by atoms with Gasteiger partial charge in [0.15, 0.2) is 0 Å². The summed E-state index contributed by atoms with van der Waals surface area (Å²) in [4.78, 5) is 0. The molecular formula is C20H26FN. The fourth-order valence-electron chi connectivity index (χ4n) is 4.18. The minimum atomic E-state index is -1.51. The smallest absolute Gasteiger partial charge is 0.141 e. The summed E-state index contributed by atoms with van der Waals surface area (Å²) in [6, 6.07) is 6.12. The molecule has 2 aliphatic carbocycles. The van der Waals surface area contributed by atoms with Crippen LogP contribution in [0.25, 0.3) is 0 Å². The highest BCUT2D eigenvalue weighted by Crippen LogP contribution is 2.48. The van der Waals surface area contributed by atoms with Crippen LogP contribution in [0.4, 0.5) is 4.39 Å². The van der Waals surface area contributed by atoms with Crippen molar-refractivity contribution in [1.29, 1.82) is 5.26 Å². The molecule has 2 saturated carbocycles. The molecule has 1 aromatic rings. The Morgan fingerprint density at radius 3 is 2.91 bits per heavy atom. The van der Waals surface area contributed by atoms with Gasteiger partial charge >= 0.3 is 0 Å². The van der Waals surface area contributed by atoms with Gasteiger partial charge in [-0.3, -0.25) is 0 Å². The lowest BCUT2D eigenvalue weighted by Crippen LogP contribution is -2.30. The Morgan fingerprint density at radius 1 is 1.32 bits per heavy atom. The summed E-state index contributed by atoms with van der Waals surface area (Å²) < 4.78 is 39.9. The molecule has 0 amide bonds. The third kappa shape index (κ3) is 3.19. The first kappa shape index (κ1) is 12.1. The largest absolute Gasteiger partial charge is 0.206 e. The molecule has 118 valence electrons. The van der Waals surface area contributed by atoms with Gasteiger partial charge in [0.05, 0.1) is 5.56 Å². The maximum atomic E-state index is 14.0. The molecule has 3 rings (SSSR count). The van der Waals surface area contributed by atoms with Crippen molar-refractivity contribution < 1.29 is 8.50 Å². The van der Waals surface area contributed by atoms with Gasteiger partial charge in [0, 0.05) is 4.11 Å². The van der Waals surface area contributed by atoms with Crippen LogP contribution in [-0.4, -0.2) is 0 Å². The lowest BCUT2D eigenvalue weighted by atomic mass is 9.63. The number of fused-ring (bicyclic) bond motifs is 1. The van der Waals surface area contributed by atoms with E-state index in [1.807, 2.05) is 0 Å². The minimum absolute atomic E-state index is 0.0281. The maximum absolute atomic E-state index is 14.0. The Morgan fingerprint density at radius 2 is 2.18 bits per heavy atom. The first-order valence-corrected chi connectivity index (χ1v) is 8.49. The molecule has 2 aliphatic rings. The van der Waals surface area contributed by atoms with Crippen molar-refractivity contribution in [2.24, 2.45) is 17.8 Å². The zero-order chi connectivity index (χ0) is 18.2. The second kappa shape index (κ2) is 6.82. The van der Waals surface area contributed by atoms with Crippen molar-refractivity contribution in [3.8, 4) is 6.07 Å². The first-order chi connectivity index (χ1) is 11.9. The van der Waals surface area contributed by atoms with Crippen LogP contribution in [0.5, 0.6) is 0 Å². The lowest BCUT2D eigenvalue weighted by molar-refractivity contribution is 0.114. The summed E-state index contributed by atoms with van der Waals surface area (Å²) >= 11 is 0. The minimum Gasteiger partial charge on any atom is -0.206 e. The van der Waals surface area contributed by atoms with Crippen LogP contribution in [-0.2, 0) is 0 Å². The molecule has 22 heavy (non-hydrogen) atoms. The monoisotopic (exact) mass is 302 g/mol. The summed E-state index contributed by atoms with van der Waals surface area (Å²) in [6.45, 7) is 2.19. The summed E-state index contributed by atoms with van der Waals surface area (Å²) in [5, 5.41) is 8.90. The Kier molecular flexibility index (Phi) is 3.75. The van der Waals surface area contributed by atoms with Crippen molar-refractivity contribution in [2.75, 3.05) is 0 Å². The van der Waals surface area contributed by atoms with Gasteiger partial charge in [0.2, 0.25) is 0 Å². The molecule has 0 bridgehead atoms. The van der Waals surface area contributed by atoms with Crippen molar-refractivity contribution in [3.05, 3.63) is 35.1 Å². The molecule has 0 radical (unpaired) electrons. The van der Waals surface area contributed by atoms with Gasteiger partial charge in [-0.25, -0.2) is 4.39 Å². The van der Waals surface area contributed by atoms with E-state index in [2.05, 4.69) is 6.92 Å². The molecule has 2 heteroatoms. The predicted octanol–water partition coefficient (Wildman–Crippen LogP) is 5.80. The summed E-state index contributed by atoms with van der Waals surface area (Å²) in [7, 11) is 0. The highest BCUT2D eigenvalue weighted by molar-refractivity contribution is 5.35. The van der Waals surface area contributed by atoms with Gasteiger partial charge in [-0.15, -0.1) is 0 Å². The van der Waals surface area contributed by atoms with Crippen LogP contribution < -0.4 is 0 Å². The average Bonchev–Trinajstić information content (AvgIpc) is 2.54. The van der Waals surface area contributed by atoms with Crippen LogP contribution >= 0.6 is 0 Å². The number of nitrogens with zero attached hydrogens (tertiary/aromatic N) is 1. The molecule has 0 saturated heterocycles. The van der Waals surface area contributed by atoms with E-state index in [1.165, 1.54) is 18.6 Å². The van der Waals surface area contributed by atoms with E-state index in [-0.39, 0.29) is 17.4 Å². The first-order valence-electron chi connectivity index (χ1n) is 10.1. The molecule has 0 aliphatic heterocycles. The maximum Gasteiger partial charge on any atom is 0.141 e. The molecule has 5 atom stereocenters. The van der Waals surface area contributed by atoms with E-state index in [1.54, 1.807) is 12.1 Å². The van der Waals surface area contributed by atoms with Crippen molar-refractivity contribution in [3.63, 3.8) is 0 Å². The molecule has 0 N–H and O–H groups in total. The van der Waals surface area contributed by atoms with Gasteiger partial charge < -0.3 is 0 Å². The zero-order valence-electron chi connectivity index (χ0n) is 16.2. The van der Waals surface area contributed by atoms with Gasteiger partial charge in [-0.2, -0.15) is 5.26 Å². The number of halogens is 1. The van der Waals surface area contributed by atoms with E-state index in [0.717, 1.165) is 25.7 Å². The fraction of sp³-hybridized carbons (Fsp3) is 0.650. The summed E-state index contributed by atoms with van der Waals surface area (Å²) in [6.07, 6.45) is 3.88. The normalized spacial score (nSPS) is 39.0. The van der Waals surface area contributed by atoms with Crippen molar-refractivity contribution in [1.82, 2.24) is 0 Å². The van der Waals surface area contributed by atoms with Crippen molar-refractivity contribution in [2.45, 2.75) is 64.1 Å². The Hall–Kier alpha value is -1.36. The highest BCUT2D eigenvalue weighted by Gasteiger charge is 2.35. The van der Waals surface area contributed by atoms with Crippen LogP contribution in [0.1, 0.15) is 79.4 Å².